The van der Waals surface area contributed by atoms with E-state index < -0.39 is 0 Å². The van der Waals surface area contributed by atoms with Gasteiger partial charge in [0, 0.05) is 25.7 Å². The molecule has 1 aromatic carbocycles. The van der Waals surface area contributed by atoms with Gasteiger partial charge in [0.25, 0.3) is 0 Å². The molecule has 4 heteroatoms. The van der Waals surface area contributed by atoms with Crippen molar-refractivity contribution in [1.29, 1.82) is 0 Å². The fourth-order valence-corrected chi connectivity index (χ4v) is 2.33. The Hall–Kier alpha value is -1.68. The number of amides is 1. The first-order chi connectivity index (χ1) is 9.08. The Morgan fingerprint density at radius 2 is 2.21 bits per heavy atom. The summed E-state index contributed by atoms with van der Waals surface area (Å²) in [5.74, 6) is 0.391. The van der Waals surface area contributed by atoms with Crippen molar-refractivity contribution in [1.82, 2.24) is 5.32 Å². The van der Waals surface area contributed by atoms with Crippen LogP contribution in [0.4, 0.5) is 5.69 Å². The molecule has 1 aliphatic heterocycles. The molecule has 0 atom stereocenters. The summed E-state index contributed by atoms with van der Waals surface area (Å²) in [7, 11) is 1.81. The van der Waals surface area contributed by atoms with E-state index in [1.54, 1.807) is 11.8 Å². The average Bonchev–Trinajstić information content (AvgIpc) is 2.64. The van der Waals surface area contributed by atoms with Crippen molar-refractivity contribution < 1.29 is 9.59 Å². The van der Waals surface area contributed by atoms with Crippen molar-refractivity contribution in [2.75, 3.05) is 18.5 Å². The standard InChI is InChI=1S/C15H20N2O2/c1-11(18)4-3-7-16-10-12-5-6-14-13(8-12)9-15(19)17(14)2/h5-6,8,16H,3-4,7,9-10H2,1-2H3. The minimum Gasteiger partial charge on any atom is -0.315 e. The lowest BCUT2D eigenvalue weighted by Crippen LogP contribution is -2.20. The maximum absolute atomic E-state index is 11.6. The van der Waals surface area contributed by atoms with Gasteiger partial charge in [-0.3, -0.25) is 4.79 Å². The fraction of sp³-hybridized carbons (Fsp3) is 0.467. The van der Waals surface area contributed by atoms with E-state index in [9.17, 15) is 9.59 Å². The number of carbonyl (C=O) groups is 2. The van der Waals surface area contributed by atoms with Crippen LogP contribution >= 0.6 is 0 Å². The second-order valence-electron chi connectivity index (χ2n) is 5.07. The SMILES string of the molecule is CC(=O)CCCNCc1ccc2c(c1)CC(=O)N2C. The molecule has 1 heterocycles. The molecule has 1 aromatic rings. The second-order valence-corrected chi connectivity index (χ2v) is 5.07. The number of Topliss-reactive ketones (excluding diaryl/α,β-unsaturated/α-hetero) is 1. The zero-order valence-corrected chi connectivity index (χ0v) is 11.5. The number of likely N-dealkylation sites (N-methyl/N-ethyl adjacent to an activating group) is 1. The Morgan fingerprint density at radius 3 is 2.95 bits per heavy atom. The molecule has 2 rings (SSSR count). The van der Waals surface area contributed by atoms with Crippen molar-refractivity contribution in [3.8, 4) is 0 Å². The number of benzene rings is 1. The average molecular weight is 260 g/mol. The minimum atomic E-state index is 0.154. The minimum absolute atomic E-state index is 0.154. The molecule has 19 heavy (non-hydrogen) atoms. The quantitative estimate of drug-likeness (QED) is 0.791. The molecule has 1 N–H and O–H groups in total. The van der Waals surface area contributed by atoms with Gasteiger partial charge in [0.2, 0.25) is 5.91 Å². The van der Waals surface area contributed by atoms with E-state index in [4.69, 9.17) is 0 Å². The van der Waals surface area contributed by atoms with Crippen molar-refractivity contribution in [3.63, 3.8) is 0 Å². The van der Waals surface area contributed by atoms with Gasteiger partial charge in [-0.15, -0.1) is 0 Å². The number of fused-ring (bicyclic) bond motifs is 1. The second kappa shape index (κ2) is 5.97. The van der Waals surface area contributed by atoms with Gasteiger partial charge < -0.3 is 15.0 Å². The van der Waals surface area contributed by atoms with Crippen LogP contribution in [0.3, 0.4) is 0 Å². The van der Waals surface area contributed by atoms with Crippen molar-refractivity contribution in [2.45, 2.75) is 32.7 Å². The first kappa shape index (κ1) is 13.7. The Kier molecular flexibility index (Phi) is 4.32. The third kappa shape index (κ3) is 3.41. The van der Waals surface area contributed by atoms with E-state index in [0.717, 1.165) is 30.8 Å². The molecule has 0 bridgehead atoms. The highest BCUT2D eigenvalue weighted by Crippen LogP contribution is 2.28. The van der Waals surface area contributed by atoms with Gasteiger partial charge in [-0.2, -0.15) is 0 Å². The highest BCUT2D eigenvalue weighted by molar-refractivity contribution is 6.00. The zero-order valence-electron chi connectivity index (χ0n) is 11.5. The lowest BCUT2D eigenvalue weighted by Gasteiger charge is -2.11. The largest absolute Gasteiger partial charge is 0.315 e. The molecule has 0 fully saturated rings. The van der Waals surface area contributed by atoms with Gasteiger partial charge in [-0.05, 0) is 37.1 Å². The molecular weight excluding hydrogens is 240 g/mol. The number of anilines is 1. The van der Waals surface area contributed by atoms with E-state index in [2.05, 4.69) is 11.4 Å². The topological polar surface area (TPSA) is 49.4 Å². The molecule has 0 saturated heterocycles. The van der Waals surface area contributed by atoms with Crippen LogP contribution in [0.15, 0.2) is 18.2 Å². The highest BCUT2D eigenvalue weighted by Gasteiger charge is 2.23. The molecule has 4 nitrogen and oxygen atoms in total. The summed E-state index contributed by atoms with van der Waals surface area (Å²) < 4.78 is 0. The number of nitrogens with zero attached hydrogens (tertiary/aromatic N) is 1. The summed E-state index contributed by atoms with van der Waals surface area (Å²) in [6, 6.07) is 6.15. The Bertz CT molecular complexity index is 497. The molecule has 1 aliphatic rings. The van der Waals surface area contributed by atoms with E-state index >= 15 is 0 Å². The Balaban J connectivity index is 1.85. The molecule has 0 aliphatic carbocycles. The Morgan fingerprint density at radius 1 is 1.42 bits per heavy atom. The summed E-state index contributed by atoms with van der Waals surface area (Å²) in [5.41, 5.74) is 3.31. The van der Waals surface area contributed by atoms with E-state index in [1.165, 1.54) is 5.56 Å². The van der Waals surface area contributed by atoms with Crippen molar-refractivity contribution in [3.05, 3.63) is 29.3 Å². The van der Waals surface area contributed by atoms with Gasteiger partial charge in [0.05, 0.1) is 6.42 Å². The third-order valence-electron chi connectivity index (χ3n) is 3.43. The normalized spacial score (nSPS) is 13.8. The molecule has 0 unspecified atom stereocenters. The van der Waals surface area contributed by atoms with Crippen molar-refractivity contribution >= 4 is 17.4 Å². The molecule has 0 aromatic heterocycles. The van der Waals surface area contributed by atoms with Gasteiger partial charge in [0.15, 0.2) is 0 Å². The van der Waals surface area contributed by atoms with Gasteiger partial charge in [-0.25, -0.2) is 0 Å². The lowest BCUT2D eigenvalue weighted by molar-refractivity contribution is -0.117. The molecule has 0 saturated carbocycles. The van der Waals surface area contributed by atoms with Gasteiger partial charge in [0.1, 0.15) is 5.78 Å². The van der Waals surface area contributed by atoms with Crippen molar-refractivity contribution in [2.24, 2.45) is 0 Å². The van der Waals surface area contributed by atoms with Crippen LogP contribution in [0.25, 0.3) is 0 Å². The van der Waals surface area contributed by atoms with Crippen LogP contribution in [-0.4, -0.2) is 25.3 Å². The van der Waals surface area contributed by atoms with E-state index in [0.29, 0.717) is 12.8 Å². The number of ketones is 1. The number of hydrogen-bond donors (Lipinski definition) is 1. The fourth-order valence-electron chi connectivity index (χ4n) is 2.33. The summed E-state index contributed by atoms with van der Waals surface area (Å²) in [6.45, 7) is 3.24. The number of hydrogen-bond acceptors (Lipinski definition) is 3. The lowest BCUT2D eigenvalue weighted by atomic mass is 10.1. The number of rotatable bonds is 6. The molecule has 0 spiro atoms. The number of carbonyl (C=O) groups excluding carboxylic acids is 2. The number of nitrogens with one attached hydrogen (secondary N) is 1. The molecular formula is C15H20N2O2. The van der Waals surface area contributed by atoms with Crippen LogP contribution in [0, 0.1) is 0 Å². The summed E-state index contributed by atoms with van der Waals surface area (Å²) >= 11 is 0. The monoisotopic (exact) mass is 260 g/mol. The predicted molar refractivity (Wildman–Crippen MR) is 75.2 cm³/mol. The molecule has 102 valence electrons. The van der Waals surface area contributed by atoms with Crippen LogP contribution in [0.1, 0.15) is 30.9 Å². The van der Waals surface area contributed by atoms with Crippen LogP contribution < -0.4 is 10.2 Å². The highest BCUT2D eigenvalue weighted by atomic mass is 16.2. The van der Waals surface area contributed by atoms with E-state index in [1.807, 2.05) is 19.2 Å². The van der Waals surface area contributed by atoms with Gasteiger partial charge >= 0.3 is 0 Å². The van der Waals surface area contributed by atoms with Crippen LogP contribution in [0.5, 0.6) is 0 Å². The van der Waals surface area contributed by atoms with Gasteiger partial charge in [-0.1, -0.05) is 12.1 Å². The first-order valence-electron chi connectivity index (χ1n) is 6.66. The zero-order chi connectivity index (χ0) is 13.8. The summed E-state index contributed by atoms with van der Waals surface area (Å²) in [6.07, 6.45) is 2.02. The predicted octanol–water partition coefficient (Wildman–Crippen LogP) is 1.66. The summed E-state index contributed by atoms with van der Waals surface area (Å²) in [5, 5.41) is 3.32. The molecule has 1 amide bonds. The maximum Gasteiger partial charge on any atom is 0.231 e. The molecule has 0 radical (unpaired) electrons. The van der Waals surface area contributed by atoms with Crippen LogP contribution in [-0.2, 0) is 22.6 Å². The first-order valence-corrected chi connectivity index (χ1v) is 6.66. The van der Waals surface area contributed by atoms with E-state index in [-0.39, 0.29) is 11.7 Å². The summed E-state index contributed by atoms with van der Waals surface area (Å²) in [4.78, 5) is 24.1. The smallest absolute Gasteiger partial charge is 0.231 e. The third-order valence-corrected chi connectivity index (χ3v) is 3.43. The Labute approximate surface area is 113 Å². The van der Waals surface area contributed by atoms with Crippen LogP contribution in [0.2, 0.25) is 0 Å². The maximum atomic E-state index is 11.6.